The van der Waals surface area contributed by atoms with Crippen LogP contribution in [0.15, 0.2) is 18.2 Å². The van der Waals surface area contributed by atoms with E-state index in [0.717, 1.165) is 0 Å². The monoisotopic (exact) mass is 294 g/mol. The maximum Gasteiger partial charge on any atom is 0.404 e. The van der Waals surface area contributed by atoms with Crippen LogP contribution < -0.4 is 10.6 Å². The van der Waals surface area contributed by atoms with Crippen LogP contribution in [-0.2, 0) is 0 Å². The van der Waals surface area contributed by atoms with Gasteiger partial charge in [0.25, 0.3) is 5.91 Å². The molecule has 0 saturated heterocycles. The molecule has 0 spiro atoms. The zero-order chi connectivity index (χ0) is 15.4. The molecule has 0 atom stereocenters. The number of hydrogen-bond acceptors (Lipinski definition) is 2. The molecule has 1 aromatic carbocycles. The van der Waals surface area contributed by atoms with Crippen molar-refractivity contribution in [2.45, 2.75) is 44.7 Å². The van der Waals surface area contributed by atoms with Gasteiger partial charge >= 0.3 is 6.09 Å². The summed E-state index contributed by atoms with van der Waals surface area (Å²) in [6.45, 7) is 1.70. The van der Waals surface area contributed by atoms with Gasteiger partial charge in [0.1, 0.15) is 5.82 Å². The second-order valence-electron chi connectivity index (χ2n) is 5.40. The molecule has 2 rings (SSSR count). The molecule has 0 bridgehead atoms. The minimum atomic E-state index is -1.02. The molecule has 1 fully saturated rings. The Kier molecular flexibility index (Phi) is 4.77. The zero-order valence-electron chi connectivity index (χ0n) is 11.9. The predicted octanol–water partition coefficient (Wildman–Crippen LogP) is 2.44. The summed E-state index contributed by atoms with van der Waals surface area (Å²) in [4.78, 5) is 22.7. The summed E-state index contributed by atoms with van der Waals surface area (Å²) >= 11 is 0. The van der Waals surface area contributed by atoms with Crippen LogP contribution in [0, 0.1) is 12.7 Å². The molecular weight excluding hydrogens is 275 g/mol. The van der Waals surface area contributed by atoms with E-state index >= 15 is 0 Å². The number of halogens is 1. The third-order valence-electron chi connectivity index (χ3n) is 3.84. The normalized spacial score (nSPS) is 21.6. The second kappa shape index (κ2) is 6.56. The van der Waals surface area contributed by atoms with Gasteiger partial charge in [0.2, 0.25) is 0 Å². The highest BCUT2D eigenvalue weighted by atomic mass is 19.1. The fraction of sp³-hybridized carbons (Fsp3) is 0.467. The number of amides is 2. The predicted molar refractivity (Wildman–Crippen MR) is 75.8 cm³/mol. The molecule has 1 aliphatic carbocycles. The van der Waals surface area contributed by atoms with Crippen LogP contribution in [0.1, 0.15) is 41.6 Å². The first-order valence-corrected chi connectivity index (χ1v) is 7.03. The summed E-state index contributed by atoms with van der Waals surface area (Å²) in [6.07, 6.45) is 1.69. The molecule has 0 heterocycles. The van der Waals surface area contributed by atoms with Gasteiger partial charge in [-0.25, -0.2) is 9.18 Å². The molecule has 114 valence electrons. The first kappa shape index (κ1) is 15.3. The van der Waals surface area contributed by atoms with Crippen molar-refractivity contribution >= 4 is 12.0 Å². The molecule has 0 radical (unpaired) electrons. The topological polar surface area (TPSA) is 78.4 Å². The van der Waals surface area contributed by atoms with Crippen molar-refractivity contribution in [2.24, 2.45) is 0 Å². The molecule has 1 saturated carbocycles. The van der Waals surface area contributed by atoms with Crippen LogP contribution in [-0.4, -0.2) is 29.2 Å². The third kappa shape index (κ3) is 3.93. The Morgan fingerprint density at radius 2 is 1.71 bits per heavy atom. The van der Waals surface area contributed by atoms with E-state index in [0.29, 0.717) is 31.2 Å². The molecule has 0 aromatic heterocycles. The van der Waals surface area contributed by atoms with Crippen molar-refractivity contribution in [3.63, 3.8) is 0 Å². The van der Waals surface area contributed by atoms with Crippen molar-refractivity contribution in [1.29, 1.82) is 0 Å². The van der Waals surface area contributed by atoms with E-state index in [9.17, 15) is 14.0 Å². The number of carboxylic acid groups (broad SMARTS) is 1. The summed E-state index contributed by atoms with van der Waals surface area (Å²) < 4.78 is 13.7. The van der Waals surface area contributed by atoms with Crippen LogP contribution in [0.4, 0.5) is 9.18 Å². The average molecular weight is 294 g/mol. The number of aryl methyl sites for hydroxylation is 1. The Balaban J connectivity index is 1.92. The fourth-order valence-corrected chi connectivity index (χ4v) is 2.73. The van der Waals surface area contributed by atoms with Gasteiger partial charge < -0.3 is 15.7 Å². The van der Waals surface area contributed by atoms with E-state index in [-0.39, 0.29) is 17.6 Å². The van der Waals surface area contributed by atoms with E-state index < -0.39 is 17.8 Å². The van der Waals surface area contributed by atoms with Gasteiger partial charge in [-0.2, -0.15) is 0 Å². The Hall–Kier alpha value is -2.11. The first-order chi connectivity index (χ1) is 9.97. The number of hydrogen-bond donors (Lipinski definition) is 3. The molecule has 2 amide bonds. The van der Waals surface area contributed by atoms with Gasteiger partial charge in [-0.15, -0.1) is 0 Å². The average Bonchev–Trinajstić information content (AvgIpc) is 2.40. The standard InChI is InChI=1S/C15H19FN2O3/c1-9-3-2-4-12(16)13(9)14(19)17-10-5-7-11(8-6-10)18-15(20)21/h2-4,10-11,18H,5-8H2,1H3,(H,17,19)(H,20,21). The number of carbonyl (C=O) groups is 2. The van der Waals surface area contributed by atoms with Gasteiger partial charge in [0, 0.05) is 12.1 Å². The number of carbonyl (C=O) groups excluding carboxylic acids is 1. The molecule has 3 N–H and O–H groups in total. The quantitative estimate of drug-likeness (QED) is 0.801. The lowest BCUT2D eigenvalue weighted by Gasteiger charge is -2.29. The minimum Gasteiger partial charge on any atom is -0.465 e. The van der Waals surface area contributed by atoms with Crippen molar-refractivity contribution in [2.75, 3.05) is 0 Å². The van der Waals surface area contributed by atoms with Crippen LogP contribution >= 0.6 is 0 Å². The van der Waals surface area contributed by atoms with Crippen LogP contribution in [0.3, 0.4) is 0 Å². The van der Waals surface area contributed by atoms with Crippen LogP contribution in [0.2, 0.25) is 0 Å². The Labute approximate surface area is 122 Å². The van der Waals surface area contributed by atoms with Crippen LogP contribution in [0.5, 0.6) is 0 Å². The third-order valence-corrected chi connectivity index (χ3v) is 3.84. The van der Waals surface area contributed by atoms with E-state index in [2.05, 4.69) is 10.6 Å². The maximum absolute atomic E-state index is 13.7. The molecule has 5 nitrogen and oxygen atoms in total. The molecule has 0 unspecified atom stereocenters. The first-order valence-electron chi connectivity index (χ1n) is 7.03. The lowest BCUT2D eigenvalue weighted by atomic mass is 9.91. The highest BCUT2D eigenvalue weighted by molar-refractivity contribution is 5.96. The van der Waals surface area contributed by atoms with Crippen molar-refractivity contribution in [1.82, 2.24) is 10.6 Å². The van der Waals surface area contributed by atoms with Crippen molar-refractivity contribution < 1.29 is 19.1 Å². The highest BCUT2D eigenvalue weighted by Crippen LogP contribution is 2.20. The smallest absolute Gasteiger partial charge is 0.404 e. The molecule has 1 aliphatic rings. The zero-order valence-corrected chi connectivity index (χ0v) is 11.9. The molecule has 1 aromatic rings. The van der Waals surface area contributed by atoms with Gasteiger partial charge in [-0.1, -0.05) is 12.1 Å². The largest absolute Gasteiger partial charge is 0.465 e. The second-order valence-corrected chi connectivity index (χ2v) is 5.40. The molecule has 0 aliphatic heterocycles. The fourth-order valence-electron chi connectivity index (χ4n) is 2.73. The van der Waals surface area contributed by atoms with E-state index in [4.69, 9.17) is 5.11 Å². The Morgan fingerprint density at radius 3 is 2.24 bits per heavy atom. The molecular formula is C15H19FN2O3. The van der Waals surface area contributed by atoms with Gasteiger partial charge in [0.05, 0.1) is 5.56 Å². The highest BCUT2D eigenvalue weighted by Gasteiger charge is 2.25. The Bertz CT molecular complexity index is 519. The van der Waals surface area contributed by atoms with Gasteiger partial charge in [0.15, 0.2) is 0 Å². The number of benzene rings is 1. The summed E-state index contributed by atoms with van der Waals surface area (Å²) in [5.74, 6) is -0.922. The summed E-state index contributed by atoms with van der Waals surface area (Å²) in [5.41, 5.74) is 0.692. The SMILES string of the molecule is Cc1cccc(F)c1C(=O)NC1CCC(NC(=O)O)CC1. The molecule has 6 heteroatoms. The van der Waals surface area contributed by atoms with E-state index in [1.165, 1.54) is 6.07 Å². The Morgan fingerprint density at radius 1 is 1.14 bits per heavy atom. The summed E-state index contributed by atoms with van der Waals surface area (Å²) in [5, 5.41) is 14.0. The van der Waals surface area contributed by atoms with Gasteiger partial charge in [-0.3, -0.25) is 4.79 Å². The number of nitrogens with one attached hydrogen (secondary N) is 2. The lowest BCUT2D eigenvalue weighted by molar-refractivity contribution is 0.0918. The molecule has 21 heavy (non-hydrogen) atoms. The lowest BCUT2D eigenvalue weighted by Crippen LogP contribution is -2.43. The van der Waals surface area contributed by atoms with Crippen molar-refractivity contribution in [3.8, 4) is 0 Å². The summed E-state index contributed by atoms with van der Waals surface area (Å²) in [7, 11) is 0. The van der Waals surface area contributed by atoms with E-state index in [1.807, 2.05) is 0 Å². The number of rotatable bonds is 3. The summed E-state index contributed by atoms with van der Waals surface area (Å²) in [6, 6.07) is 4.44. The minimum absolute atomic E-state index is 0.0386. The van der Waals surface area contributed by atoms with Gasteiger partial charge in [-0.05, 0) is 44.2 Å². The maximum atomic E-state index is 13.7. The van der Waals surface area contributed by atoms with Crippen LogP contribution in [0.25, 0.3) is 0 Å². The van der Waals surface area contributed by atoms with Crippen molar-refractivity contribution in [3.05, 3.63) is 35.1 Å². The van der Waals surface area contributed by atoms with E-state index in [1.54, 1.807) is 19.1 Å².